The van der Waals surface area contributed by atoms with E-state index >= 15 is 0 Å². The van der Waals surface area contributed by atoms with Gasteiger partial charge in [0.25, 0.3) is 5.91 Å². The summed E-state index contributed by atoms with van der Waals surface area (Å²) in [5.74, 6) is -0.824. The van der Waals surface area contributed by atoms with Gasteiger partial charge in [-0.05, 0) is 49.4 Å². The topological polar surface area (TPSA) is 107 Å². The first-order valence-corrected chi connectivity index (χ1v) is 12.0. The lowest BCUT2D eigenvalue weighted by atomic mass is 9.85. The van der Waals surface area contributed by atoms with Crippen LogP contribution in [0.1, 0.15) is 18.6 Å². The number of nitrogens with one attached hydrogen (secondary N) is 3. The van der Waals surface area contributed by atoms with E-state index in [1.165, 1.54) is 18.0 Å². The van der Waals surface area contributed by atoms with Crippen molar-refractivity contribution in [3.8, 4) is 6.07 Å². The third-order valence-electron chi connectivity index (χ3n) is 5.21. The number of carbonyl (C=O) groups is 2. The summed E-state index contributed by atoms with van der Waals surface area (Å²) in [6.45, 7) is 1.76. The molecule has 0 fully saturated rings. The third kappa shape index (κ3) is 5.77. The van der Waals surface area contributed by atoms with E-state index in [1.807, 2.05) is 18.2 Å². The smallest absolute Gasteiger partial charge is 0.254 e. The van der Waals surface area contributed by atoms with Crippen molar-refractivity contribution in [1.82, 2.24) is 5.32 Å². The van der Waals surface area contributed by atoms with E-state index in [4.69, 9.17) is 16.0 Å². The quantitative estimate of drug-likeness (QED) is 0.384. The minimum absolute atomic E-state index is 0.0454. The molecule has 176 valence electrons. The molecular weight excluding hydrogens is 484 g/mol. The number of nitriles is 1. The highest BCUT2D eigenvalue weighted by Crippen LogP contribution is 2.41. The van der Waals surface area contributed by atoms with Gasteiger partial charge in [0.05, 0.1) is 40.2 Å². The molecule has 0 saturated carbocycles. The minimum Gasteiger partial charge on any atom is -0.468 e. The Morgan fingerprint density at radius 1 is 1.09 bits per heavy atom. The number of hydrogen-bond donors (Lipinski definition) is 3. The van der Waals surface area contributed by atoms with Gasteiger partial charge in [0.1, 0.15) is 5.76 Å². The first-order valence-electron chi connectivity index (χ1n) is 10.7. The number of anilines is 2. The molecule has 0 radical (unpaired) electrons. The molecule has 0 spiro atoms. The van der Waals surface area contributed by atoms with E-state index in [9.17, 15) is 14.9 Å². The van der Waals surface area contributed by atoms with Crippen LogP contribution in [-0.4, -0.2) is 17.6 Å². The number of hydrogen-bond acceptors (Lipinski definition) is 6. The second-order valence-electron chi connectivity index (χ2n) is 7.63. The maximum Gasteiger partial charge on any atom is 0.254 e. The van der Waals surface area contributed by atoms with Crippen molar-refractivity contribution in [1.29, 1.82) is 5.26 Å². The van der Waals surface area contributed by atoms with E-state index in [0.29, 0.717) is 44.0 Å². The predicted octanol–water partition coefficient (Wildman–Crippen LogP) is 5.64. The third-order valence-corrected chi connectivity index (χ3v) is 6.46. The summed E-state index contributed by atoms with van der Waals surface area (Å²) in [4.78, 5) is 25.8. The molecule has 1 aliphatic heterocycles. The van der Waals surface area contributed by atoms with E-state index in [0.717, 1.165) is 0 Å². The standard InChI is InChI=1S/C26H21ClN4O3S/c1-16-23(25(33)31-18-8-3-2-4-9-18)24(21-11-6-12-34-21)20(14-28)26(29-16)35-15-22(32)30-19-10-5-7-17(27)13-19/h2-13,24,29H,15H2,1H3,(H,30,32)(H,31,33)/t24-/m0/s1. The summed E-state index contributed by atoms with van der Waals surface area (Å²) in [6.07, 6.45) is 1.50. The molecule has 9 heteroatoms. The lowest BCUT2D eigenvalue weighted by molar-refractivity contribution is -0.114. The van der Waals surface area contributed by atoms with Crippen molar-refractivity contribution in [2.45, 2.75) is 12.8 Å². The number of thioether (sulfide) groups is 1. The monoisotopic (exact) mass is 504 g/mol. The van der Waals surface area contributed by atoms with Crippen LogP contribution in [0, 0.1) is 11.3 Å². The zero-order chi connectivity index (χ0) is 24.8. The lowest BCUT2D eigenvalue weighted by Gasteiger charge is -2.28. The summed E-state index contributed by atoms with van der Waals surface area (Å²) in [7, 11) is 0. The zero-order valence-electron chi connectivity index (χ0n) is 18.7. The Bertz CT molecular complexity index is 1340. The van der Waals surface area contributed by atoms with E-state index in [2.05, 4.69) is 22.0 Å². The van der Waals surface area contributed by atoms with Gasteiger partial charge in [0.15, 0.2) is 0 Å². The fourth-order valence-corrected chi connectivity index (χ4v) is 4.77. The van der Waals surface area contributed by atoms with E-state index in [-0.39, 0.29) is 17.6 Å². The summed E-state index contributed by atoms with van der Waals surface area (Å²) < 4.78 is 5.62. The Hall–Kier alpha value is -3.93. The molecule has 7 nitrogen and oxygen atoms in total. The van der Waals surface area contributed by atoms with Crippen molar-refractivity contribution in [2.24, 2.45) is 0 Å². The molecule has 0 aliphatic carbocycles. The number of halogens is 1. The van der Waals surface area contributed by atoms with Crippen molar-refractivity contribution in [2.75, 3.05) is 16.4 Å². The van der Waals surface area contributed by atoms with Crippen LogP contribution >= 0.6 is 23.4 Å². The highest BCUT2D eigenvalue weighted by atomic mass is 35.5. The first kappa shape index (κ1) is 24.2. The predicted molar refractivity (Wildman–Crippen MR) is 138 cm³/mol. The van der Waals surface area contributed by atoms with Crippen LogP contribution in [0.15, 0.2) is 99.3 Å². The first-order chi connectivity index (χ1) is 17.0. The van der Waals surface area contributed by atoms with Gasteiger partial charge in [0.2, 0.25) is 5.91 Å². The molecule has 2 amide bonds. The molecule has 2 aromatic carbocycles. The Kier molecular flexibility index (Phi) is 7.60. The Morgan fingerprint density at radius 2 is 1.86 bits per heavy atom. The summed E-state index contributed by atoms with van der Waals surface area (Å²) in [5.41, 5.74) is 2.45. The normalized spacial score (nSPS) is 15.3. The number of para-hydroxylation sites is 1. The number of allylic oxidation sites excluding steroid dienone is 2. The molecule has 3 N–H and O–H groups in total. The molecule has 0 saturated heterocycles. The number of dihydropyridines is 1. The average Bonchev–Trinajstić information content (AvgIpc) is 3.37. The Morgan fingerprint density at radius 3 is 2.54 bits per heavy atom. The molecule has 1 aromatic heterocycles. The molecule has 3 aromatic rings. The molecule has 4 rings (SSSR count). The Labute approximate surface area is 211 Å². The van der Waals surface area contributed by atoms with Gasteiger partial charge in [-0.15, -0.1) is 0 Å². The van der Waals surface area contributed by atoms with Gasteiger partial charge < -0.3 is 20.4 Å². The molecule has 35 heavy (non-hydrogen) atoms. The Balaban J connectivity index is 1.58. The molecule has 1 atom stereocenters. The van der Waals surface area contributed by atoms with Crippen molar-refractivity contribution in [3.63, 3.8) is 0 Å². The van der Waals surface area contributed by atoms with Crippen LogP contribution in [0.25, 0.3) is 0 Å². The van der Waals surface area contributed by atoms with Crippen LogP contribution in [-0.2, 0) is 9.59 Å². The fourth-order valence-electron chi connectivity index (χ4n) is 3.69. The number of nitrogens with zero attached hydrogens (tertiary/aromatic N) is 1. The number of furan rings is 1. The summed E-state index contributed by atoms with van der Waals surface area (Å²) in [6, 6.07) is 21.6. The van der Waals surface area contributed by atoms with Crippen LogP contribution in [0.2, 0.25) is 5.02 Å². The van der Waals surface area contributed by atoms with Crippen LogP contribution < -0.4 is 16.0 Å². The largest absolute Gasteiger partial charge is 0.468 e. The lowest BCUT2D eigenvalue weighted by Crippen LogP contribution is -2.31. The highest BCUT2D eigenvalue weighted by molar-refractivity contribution is 8.03. The van der Waals surface area contributed by atoms with Crippen molar-refractivity contribution in [3.05, 3.63) is 106 Å². The maximum absolute atomic E-state index is 13.3. The van der Waals surface area contributed by atoms with Crippen molar-refractivity contribution < 1.29 is 14.0 Å². The zero-order valence-corrected chi connectivity index (χ0v) is 20.2. The van der Waals surface area contributed by atoms with Crippen LogP contribution in [0.5, 0.6) is 0 Å². The number of amides is 2. The average molecular weight is 505 g/mol. The van der Waals surface area contributed by atoms with Crippen LogP contribution in [0.3, 0.4) is 0 Å². The molecule has 0 bridgehead atoms. The molecule has 0 unspecified atom stereocenters. The second kappa shape index (κ2) is 11.0. The highest BCUT2D eigenvalue weighted by Gasteiger charge is 2.36. The maximum atomic E-state index is 13.3. The summed E-state index contributed by atoms with van der Waals surface area (Å²) in [5, 5.41) is 19.9. The summed E-state index contributed by atoms with van der Waals surface area (Å²) >= 11 is 7.16. The van der Waals surface area contributed by atoms with Crippen molar-refractivity contribution >= 4 is 46.6 Å². The fraction of sp³-hybridized carbons (Fsp3) is 0.115. The number of carbonyl (C=O) groups excluding carboxylic acids is 2. The number of rotatable bonds is 7. The molecule has 2 heterocycles. The van der Waals surface area contributed by atoms with E-state index in [1.54, 1.807) is 55.5 Å². The van der Waals surface area contributed by atoms with Gasteiger partial charge in [0, 0.05) is 22.1 Å². The number of benzene rings is 2. The van der Waals surface area contributed by atoms with Gasteiger partial charge >= 0.3 is 0 Å². The molecular formula is C26H21ClN4O3S. The van der Waals surface area contributed by atoms with Gasteiger partial charge in [-0.25, -0.2) is 0 Å². The van der Waals surface area contributed by atoms with Crippen LogP contribution in [0.4, 0.5) is 11.4 Å². The second-order valence-corrected chi connectivity index (χ2v) is 9.06. The van der Waals surface area contributed by atoms with Gasteiger partial charge in [-0.3, -0.25) is 9.59 Å². The van der Waals surface area contributed by atoms with Gasteiger partial charge in [-0.2, -0.15) is 5.26 Å². The SMILES string of the molecule is CC1=C(C(=O)Nc2ccccc2)[C@H](c2ccco2)C(C#N)=C(SCC(=O)Nc2cccc(Cl)c2)N1. The van der Waals surface area contributed by atoms with Gasteiger partial charge in [-0.1, -0.05) is 47.6 Å². The molecule has 1 aliphatic rings. The minimum atomic E-state index is -0.724. The van der Waals surface area contributed by atoms with E-state index < -0.39 is 5.92 Å².